The Labute approximate surface area is 345 Å². The van der Waals surface area contributed by atoms with Crippen molar-refractivity contribution in [2.75, 3.05) is 0 Å². The Balaban J connectivity index is 0.000000263. The molecule has 0 saturated heterocycles. The van der Waals surface area contributed by atoms with E-state index in [4.69, 9.17) is 4.42 Å². The molecule has 0 aliphatic heterocycles. The fraction of sp³-hybridized carbons (Fsp3) is 0.235. The Kier molecular flexibility index (Phi) is 11.6. The zero-order chi connectivity index (χ0) is 39.0. The van der Waals surface area contributed by atoms with Gasteiger partial charge in [-0.15, -0.1) is 53.6 Å². The molecule has 1 radical (unpaired) electrons. The molecule has 0 N–H and O–H groups in total. The van der Waals surface area contributed by atoms with Crippen molar-refractivity contribution in [2.45, 2.75) is 78.6 Å². The first-order valence-corrected chi connectivity index (χ1v) is 19.0. The largest absolute Gasteiger partial charge is 0.500 e. The molecule has 5 aromatic carbocycles. The molecule has 0 amide bonds. The van der Waals surface area contributed by atoms with Crippen LogP contribution >= 0.6 is 0 Å². The van der Waals surface area contributed by atoms with Crippen LogP contribution in [-0.2, 0) is 36.4 Å². The van der Waals surface area contributed by atoms with E-state index in [1.165, 1.54) is 22.3 Å². The summed E-state index contributed by atoms with van der Waals surface area (Å²) in [6, 6.07) is 48.7. The number of fused-ring (bicyclic) bond motifs is 3. The Morgan fingerprint density at radius 2 is 1.25 bits per heavy atom. The summed E-state index contributed by atoms with van der Waals surface area (Å²) in [6.45, 7) is 19.8. The van der Waals surface area contributed by atoms with Crippen molar-refractivity contribution in [3.8, 4) is 44.8 Å². The van der Waals surface area contributed by atoms with Crippen LogP contribution in [0.3, 0.4) is 0 Å². The van der Waals surface area contributed by atoms with Gasteiger partial charge in [-0.1, -0.05) is 164 Å². The number of aromatic nitrogens is 3. The summed E-state index contributed by atoms with van der Waals surface area (Å²) in [5.41, 5.74) is 13.5. The van der Waals surface area contributed by atoms with Crippen molar-refractivity contribution in [1.29, 1.82) is 0 Å². The number of rotatable bonds is 4. The molecule has 4 nitrogen and oxygen atoms in total. The minimum absolute atomic E-state index is 0. The van der Waals surface area contributed by atoms with Crippen LogP contribution in [0.5, 0.6) is 0 Å². The Morgan fingerprint density at radius 3 is 1.88 bits per heavy atom. The molecule has 8 aromatic rings. The molecule has 3 heterocycles. The molecule has 8 rings (SSSR count). The van der Waals surface area contributed by atoms with Crippen LogP contribution < -0.4 is 0 Å². The summed E-state index contributed by atoms with van der Waals surface area (Å²) in [5, 5.41) is 2.24. The average Bonchev–Trinajstić information content (AvgIpc) is 3.58. The van der Waals surface area contributed by atoms with Crippen LogP contribution in [0, 0.1) is 12.1 Å². The van der Waals surface area contributed by atoms with Crippen LogP contribution in [0.25, 0.3) is 66.7 Å². The molecule has 0 bridgehead atoms. The monoisotopic (exact) mass is 912 g/mol. The van der Waals surface area contributed by atoms with Crippen molar-refractivity contribution < 1.29 is 24.5 Å². The van der Waals surface area contributed by atoms with Gasteiger partial charge in [-0.2, -0.15) is 0 Å². The van der Waals surface area contributed by atoms with Gasteiger partial charge in [-0.3, -0.25) is 4.98 Å². The van der Waals surface area contributed by atoms with E-state index < -0.39 is 0 Å². The third-order valence-electron chi connectivity index (χ3n) is 9.99. The molecule has 0 fully saturated rings. The van der Waals surface area contributed by atoms with E-state index in [2.05, 4.69) is 180 Å². The van der Waals surface area contributed by atoms with Crippen LogP contribution in [-0.4, -0.2) is 15.0 Å². The van der Waals surface area contributed by atoms with E-state index in [0.29, 0.717) is 0 Å². The maximum absolute atomic E-state index is 6.81. The summed E-state index contributed by atoms with van der Waals surface area (Å²) in [6.07, 6.45) is 3.60. The zero-order valence-corrected chi connectivity index (χ0v) is 36.2. The molecule has 0 unspecified atom stereocenters. The summed E-state index contributed by atoms with van der Waals surface area (Å²) in [7, 11) is 0. The van der Waals surface area contributed by atoms with E-state index in [-0.39, 0.29) is 36.4 Å². The Hall–Kier alpha value is -5.22. The maximum Gasteiger partial charge on any atom is 0.128 e. The smallest absolute Gasteiger partial charge is 0.128 e. The van der Waals surface area contributed by atoms with E-state index in [1.807, 2.05) is 36.5 Å². The fourth-order valence-corrected chi connectivity index (χ4v) is 6.78. The van der Waals surface area contributed by atoms with E-state index in [9.17, 15) is 0 Å². The summed E-state index contributed by atoms with van der Waals surface area (Å²) >= 11 is 0. The Bertz CT molecular complexity index is 2550. The van der Waals surface area contributed by atoms with Gasteiger partial charge >= 0.3 is 0 Å². The number of furan rings is 1. The predicted molar refractivity (Wildman–Crippen MR) is 229 cm³/mol. The van der Waals surface area contributed by atoms with Gasteiger partial charge in [0.1, 0.15) is 11.9 Å². The molecular weight excluding hydrogens is 863 g/mol. The fourth-order valence-electron chi connectivity index (χ4n) is 6.78. The van der Waals surface area contributed by atoms with Gasteiger partial charge in [0.2, 0.25) is 0 Å². The average molecular weight is 912 g/mol. The molecule has 5 heteroatoms. The third-order valence-corrected chi connectivity index (χ3v) is 9.99. The van der Waals surface area contributed by atoms with E-state index in [0.717, 1.165) is 61.3 Å². The second-order valence-corrected chi connectivity index (χ2v) is 17.3. The van der Waals surface area contributed by atoms with Crippen molar-refractivity contribution in [3.63, 3.8) is 0 Å². The summed E-state index contributed by atoms with van der Waals surface area (Å²) in [5.74, 6) is 0. The maximum atomic E-state index is 6.81. The Morgan fingerprint density at radius 1 is 0.554 bits per heavy atom. The van der Waals surface area contributed by atoms with Gasteiger partial charge in [0.15, 0.2) is 0 Å². The first kappa shape index (κ1) is 40.4. The molecule has 0 spiro atoms. The van der Waals surface area contributed by atoms with Crippen molar-refractivity contribution in [2.24, 2.45) is 0 Å². The number of nitrogens with zero attached hydrogens (tertiary/aromatic N) is 3. The molecular formula is C51H49IrN3O-2. The van der Waals surface area contributed by atoms with E-state index >= 15 is 0 Å². The molecule has 0 aliphatic carbocycles. The van der Waals surface area contributed by atoms with E-state index in [1.54, 1.807) is 6.33 Å². The van der Waals surface area contributed by atoms with Gasteiger partial charge in [0.25, 0.3) is 0 Å². The molecule has 3 aromatic heterocycles. The SMILES string of the molecule is CC(C)(C)c1cc(-c2[c-]cc(C(C)(C)C)c3c2oc2c(-c4ccc(-c5ccccc5)cc4)cccc23)ncn1.CC(C)(C)c1ccc(-c2[c-]cccc2)nc1.[Ir]. The van der Waals surface area contributed by atoms with Gasteiger partial charge in [-0.05, 0) is 44.5 Å². The molecule has 285 valence electrons. The van der Waals surface area contributed by atoms with Crippen LogP contribution in [0.2, 0.25) is 0 Å². The van der Waals surface area contributed by atoms with Gasteiger partial charge in [0, 0.05) is 48.4 Å². The minimum atomic E-state index is -0.0882. The van der Waals surface area contributed by atoms with Crippen LogP contribution in [0.1, 0.15) is 79.1 Å². The second-order valence-electron chi connectivity index (χ2n) is 17.3. The second kappa shape index (κ2) is 16.1. The van der Waals surface area contributed by atoms with Crippen molar-refractivity contribution >= 4 is 21.9 Å². The molecule has 0 atom stereocenters. The van der Waals surface area contributed by atoms with Crippen LogP contribution in [0.15, 0.2) is 138 Å². The number of hydrogen-bond donors (Lipinski definition) is 0. The predicted octanol–water partition coefficient (Wildman–Crippen LogP) is 13.6. The summed E-state index contributed by atoms with van der Waals surface area (Å²) < 4.78 is 6.81. The normalized spacial score (nSPS) is 11.9. The first-order valence-electron chi connectivity index (χ1n) is 19.0. The standard InChI is InChI=1S/C36H33N2O.C15H16N.Ir/c1-35(2,3)29-20-19-27(30-21-31(36(4,5)6)38-22-37-30)34-32(29)28-14-10-13-26(33(28)39-34)25-17-15-24(16-18-25)23-11-8-7-9-12-23;1-15(2,3)13-9-10-14(16-11-13)12-7-5-4-6-8-12;/h7-18,20-22H,1-6H3;4-7,9-11H,1-3H3;/q2*-1;. The molecule has 56 heavy (non-hydrogen) atoms. The van der Waals surface area contributed by atoms with Gasteiger partial charge in [0.05, 0.1) is 5.58 Å². The number of hydrogen-bond acceptors (Lipinski definition) is 4. The molecule has 0 aliphatic rings. The number of benzene rings is 5. The molecule has 0 saturated carbocycles. The summed E-state index contributed by atoms with van der Waals surface area (Å²) in [4.78, 5) is 13.7. The third kappa shape index (κ3) is 8.60. The minimum Gasteiger partial charge on any atom is -0.500 e. The quantitative estimate of drug-likeness (QED) is 0.165. The van der Waals surface area contributed by atoms with Crippen LogP contribution in [0.4, 0.5) is 0 Å². The van der Waals surface area contributed by atoms with Gasteiger partial charge in [-0.25, -0.2) is 4.98 Å². The topological polar surface area (TPSA) is 51.8 Å². The van der Waals surface area contributed by atoms with Crippen molar-refractivity contribution in [3.05, 3.63) is 163 Å². The van der Waals surface area contributed by atoms with Crippen molar-refractivity contribution in [1.82, 2.24) is 15.0 Å². The number of pyridine rings is 1. The zero-order valence-electron chi connectivity index (χ0n) is 33.8. The van der Waals surface area contributed by atoms with Gasteiger partial charge < -0.3 is 9.40 Å². The number of para-hydroxylation sites is 1. The first-order chi connectivity index (χ1) is 26.2.